The summed E-state index contributed by atoms with van der Waals surface area (Å²) in [5.41, 5.74) is 6.81. The molecular formula is C12H15ClN2O. The number of anilines is 1. The molecule has 1 saturated carbocycles. The Labute approximate surface area is 100 Å². The third-order valence-corrected chi connectivity index (χ3v) is 3.07. The Morgan fingerprint density at radius 3 is 2.75 bits per heavy atom. The van der Waals surface area contributed by atoms with Gasteiger partial charge in [-0.2, -0.15) is 0 Å². The van der Waals surface area contributed by atoms with E-state index in [0.717, 1.165) is 19.4 Å². The number of benzene rings is 1. The number of amides is 1. The minimum atomic E-state index is 0.0131. The Hall–Kier alpha value is -1.22. The van der Waals surface area contributed by atoms with Crippen molar-refractivity contribution in [2.75, 3.05) is 12.3 Å². The second-order valence-electron chi connectivity index (χ2n) is 4.05. The number of halogens is 1. The van der Waals surface area contributed by atoms with Crippen molar-refractivity contribution in [3.63, 3.8) is 0 Å². The van der Waals surface area contributed by atoms with Crippen molar-refractivity contribution < 1.29 is 4.79 Å². The van der Waals surface area contributed by atoms with E-state index < -0.39 is 0 Å². The third kappa shape index (κ3) is 2.14. The summed E-state index contributed by atoms with van der Waals surface area (Å²) in [4.78, 5) is 14.1. The Bertz CT molecular complexity index is 415. The first-order chi connectivity index (χ1) is 7.63. The molecule has 16 heavy (non-hydrogen) atoms. The van der Waals surface area contributed by atoms with Gasteiger partial charge < -0.3 is 10.6 Å². The largest absolute Gasteiger partial charge is 0.398 e. The van der Waals surface area contributed by atoms with Crippen LogP contribution in [0.25, 0.3) is 0 Å². The van der Waals surface area contributed by atoms with Gasteiger partial charge in [0.15, 0.2) is 0 Å². The van der Waals surface area contributed by atoms with E-state index in [4.69, 9.17) is 17.3 Å². The zero-order valence-electron chi connectivity index (χ0n) is 9.24. The molecule has 0 saturated heterocycles. The third-order valence-electron chi connectivity index (χ3n) is 2.83. The van der Waals surface area contributed by atoms with Crippen molar-refractivity contribution in [2.24, 2.45) is 0 Å². The summed E-state index contributed by atoms with van der Waals surface area (Å²) in [5, 5.41) is 0.559. The van der Waals surface area contributed by atoms with Crippen molar-refractivity contribution in [1.29, 1.82) is 0 Å². The smallest absolute Gasteiger partial charge is 0.256 e. The summed E-state index contributed by atoms with van der Waals surface area (Å²) in [6, 6.07) is 5.43. The first-order valence-corrected chi connectivity index (χ1v) is 5.87. The molecule has 0 aromatic heterocycles. The summed E-state index contributed by atoms with van der Waals surface area (Å²) >= 11 is 5.81. The van der Waals surface area contributed by atoms with E-state index >= 15 is 0 Å². The van der Waals surface area contributed by atoms with Gasteiger partial charge in [0.2, 0.25) is 0 Å². The summed E-state index contributed by atoms with van der Waals surface area (Å²) in [6.45, 7) is 2.72. The molecule has 1 amide bonds. The van der Waals surface area contributed by atoms with Crippen LogP contribution in [0.15, 0.2) is 18.2 Å². The van der Waals surface area contributed by atoms with Crippen LogP contribution in [0, 0.1) is 0 Å². The number of hydrogen-bond acceptors (Lipinski definition) is 2. The summed E-state index contributed by atoms with van der Waals surface area (Å²) < 4.78 is 0. The molecular weight excluding hydrogens is 224 g/mol. The van der Waals surface area contributed by atoms with E-state index in [1.807, 2.05) is 11.8 Å². The second-order valence-corrected chi connectivity index (χ2v) is 4.49. The number of nitrogen functional groups attached to an aromatic ring is 1. The lowest BCUT2D eigenvalue weighted by molar-refractivity contribution is 0.0753. The summed E-state index contributed by atoms with van der Waals surface area (Å²) in [7, 11) is 0. The normalized spacial score (nSPS) is 14.9. The maximum atomic E-state index is 12.2. The molecule has 0 spiro atoms. The number of hydrogen-bond donors (Lipinski definition) is 1. The highest BCUT2D eigenvalue weighted by Crippen LogP contribution is 2.29. The molecule has 0 aliphatic heterocycles. The van der Waals surface area contributed by atoms with Gasteiger partial charge in [-0.15, -0.1) is 0 Å². The predicted molar refractivity (Wildman–Crippen MR) is 65.6 cm³/mol. The van der Waals surface area contributed by atoms with E-state index in [1.54, 1.807) is 18.2 Å². The molecule has 1 aromatic rings. The molecule has 0 heterocycles. The fourth-order valence-electron chi connectivity index (χ4n) is 1.84. The SMILES string of the molecule is CCN(C(=O)c1ccc(Cl)cc1N)C1CC1. The van der Waals surface area contributed by atoms with Crippen molar-refractivity contribution in [1.82, 2.24) is 4.90 Å². The van der Waals surface area contributed by atoms with Crippen LogP contribution in [0.1, 0.15) is 30.1 Å². The Kier molecular flexibility index (Phi) is 3.06. The van der Waals surface area contributed by atoms with Crippen LogP contribution in [0.4, 0.5) is 5.69 Å². The molecule has 4 heteroatoms. The van der Waals surface area contributed by atoms with Gasteiger partial charge in [0.05, 0.1) is 5.56 Å². The lowest BCUT2D eigenvalue weighted by Crippen LogP contribution is -2.33. The molecule has 1 aliphatic rings. The van der Waals surface area contributed by atoms with E-state index in [2.05, 4.69) is 0 Å². The Morgan fingerprint density at radius 2 is 2.25 bits per heavy atom. The zero-order valence-corrected chi connectivity index (χ0v) is 10.00. The molecule has 1 aromatic carbocycles. The van der Waals surface area contributed by atoms with E-state index in [-0.39, 0.29) is 5.91 Å². The van der Waals surface area contributed by atoms with Crippen LogP contribution in [-0.4, -0.2) is 23.4 Å². The maximum absolute atomic E-state index is 12.2. The molecule has 1 fully saturated rings. The minimum absolute atomic E-state index is 0.0131. The lowest BCUT2D eigenvalue weighted by Gasteiger charge is -2.21. The molecule has 3 nitrogen and oxygen atoms in total. The second kappa shape index (κ2) is 4.34. The molecule has 2 N–H and O–H groups in total. The molecule has 0 unspecified atom stereocenters. The van der Waals surface area contributed by atoms with E-state index in [9.17, 15) is 4.79 Å². The number of carbonyl (C=O) groups excluding carboxylic acids is 1. The van der Waals surface area contributed by atoms with Crippen LogP contribution >= 0.6 is 11.6 Å². The molecule has 86 valence electrons. The predicted octanol–water partition coefficient (Wildman–Crippen LogP) is 2.55. The Balaban J connectivity index is 2.25. The number of rotatable bonds is 3. The minimum Gasteiger partial charge on any atom is -0.398 e. The van der Waals surface area contributed by atoms with Gasteiger partial charge in [0, 0.05) is 23.3 Å². The van der Waals surface area contributed by atoms with Gasteiger partial charge >= 0.3 is 0 Å². The lowest BCUT2D eigenvalue weighted by atomic mass is 10.1. The highest BCUT2D eigenvalue weighted by molar-refractivity contribution is 6.31. The van der Waals surface area contributed by atoms with E-state index in [1.165, 1.54) is 0 Å². The van der Waals surface area contributed by atoms with Crippen LogP contribution in [0.5, 0.6) is 0 Å². The quantitative estimate of drug-likeness (QED) is 0.823. The van der Waals surface area contributed by atoms with Gasteiger partial charge in [-0.05, 0) is 38.0 Å². The van der Waals surface area contributed by atoms with Gasteiger partial charge in [0.1, 0.15) is 0 Å². The molecule has 1 aliphatic carbocycles. The fraction of sp³-hybridized carbons (Fsp3) is 0.417. The molecule has 2 rings (SSSR count). The highest BCUT2D eigenvalue weighted by atomic mass is 35.5. The topological polar surface area (TPSA) is 46.3 Å². The van der Waals surface area contributed by atoms with Crippen molar-refractivity contribution in [3.8, 4) is 0 Å². The van der Waals surface area contributed by atoms with Crippen LogP contribution in [0.3, 0.4) is 0 Å². The van der Waals surface area contributed by atoms with E-state index in [0.29, 0.717) is 22.3 Å². The van der Waals surface area contributed by atoms with Gasteiger partial charge in [-0.1, -0.05) is 11.6 Å². The van der Waals surface area contributed by atoms with Gasteiger partial charge in [-0.25, -0.2) is 0 Å². The van der Waals surface area contributed by atoms with Crippen molar-refractivity contribution in [2.45, 2.75) is 25.8 Å². The van der Waals surface area contributed by atoms with Crippen LogP contribution in [-0.2, 0) is 0 Å². The summed E-state index contributed by atoms with van der Waals surface area (Å²) in [5.74, 6) is 0.0131. The van der Waals surface area contributed by atoms with Crippen molar-refractivity contribution >= 4 is 23.2 Å². The average molecular weight is 239 g/mol. The summed E-state index contributed by atoms with van der Waals surface area (Å²) in [6.07, 6.45) is 2.21. The van der Waals surface area contributed by atoms with Crippen LogP contribution in [0.2, 0.25) is 5.02 Å². The number of nitrogens with two attached hydrogens (primary N) is 1. The zero-order chi connectivity index (χ0) is 11.7. The fourth-order valence-corrected chi connectivity index (χ4v) is 2.02. The molecule has 0 bridgehead atoms. The molecule has 0 atom stereocenters. The van der Waals surface area contributed by atoms with Crippen LogP contribution < -0.4 is 5.73 Å². The molecule has 0 radical (unpaired) electrons. The van der Waals surface area contributed by atoms with Gasteiger partial charge in [0.25, 0.3) is 5.91 Å². The highest BCUT2D eigenvalue weighted by Gasteiger charge is 2.32. The average Bonchev–Trinajstić information content (AvgIpc) is 3.02. The number of carbonyl (C=O) groups is 1. The van der Waals surface area contributed by atoms with Gasteiger partial charge in [-0.3, -0.25) is 4.79 Å². The first kappa shape index (κ1) is 11.3. The maximum Gasteiger partial charge on any atom is 0.256 e. The van der Waals surface area contributed by atoms with Crippen molar-refractivity contribution in [3.05, 3.63) is 28.8 Å². The number of nitrogens with zero attached hydrogens (tertiary/aromatic N) is 1. The Morgan fingerprint density at radius 1 is 1.56 bits per heavy atom. The first-order valence-electron chi connectivity index (χ1n) is 5.49. The standard InChI is InChI=1S/C12H15ClN2O/c1-2-15(9-4-5-9)12(16)10-6-3-8(13)7-11(10)14/h3,6-7,9H,2,4-5,14H2,1H3. The monoisotopic (exact) mass is 238 g/mol.